The van der Waals surface area contributed by atoms with Crippen molar-refractivity contribution in [3.63, 3.8) is 0 Å². The number of rotatable bonds is 4. The molecule has 1 atom stereocenters. The number of amides is 2. The van der Waals surface area contributed by atoms with Crippen molar-refractivity contribution in [3.8, 4) is 0 Å². The number of aliphatic carboxylic acids is 1. The molecule has 118 valence electrons. The van der Waals surface area contributed by atoms with E-state index in [1.165, 1.54) is 6.92 Å². The minimum Gasteiger partial charge on any atom is -0.480 e. The maximum Gasteiger partial charge on any atom is 0.325 e. The van der Waals surface area contributed by atoms with E-state index in [-0.39, 0.29) is 17.7 Å². The molecular formula is C16H20N2O4. The molecule has 1 aromatic carbocycles. The van der Waals surface area contributed by atoms with E-state index in [1.54, 1.807) is 17.0 Å². The summed E-state index contributed by atoms with van der Waals surface area (Å²) in [5, 5.41) is 11.3. The number of hydrogen-bond acceptors (Lipinski definition) is 3. The van der Waals surface area contributed by atoms with Crippen molar-refractivity contribution in [2.24, 2.45) is 5.92 Å². The van der Waals surface area contributed by atoms with E-state index < -0.39 is 12.0 Å². The molecule has 1 aromatic rings. The van der Waals surface area contributed by atoms with E-state index >= 15 is 0 Å². The minimum atomic E-state index is -1.05. The molecule has 0 bridgehead atoms. The van der Waals surface area contributed by atoms with Gasteiger partial charge in [-0.1, -0.05) is 18.2 Å². The standard InChI is InChI=1S/C16H20N2O4/c1-11(16(21)22)17-14(19)12-7-9-18(10-8-12)15(20)13-5-3-2-4-6-13/h2-6,11-12H,7-10H2,1H3,(H,17,19)(H,21,22)/t11-/m0/s1. The summed E-state index contributed by atoms with van der Waals surface area (Å²) in [6, 6.07) is 8.15. The fraction of sp³-hybridized carbons (Fsp3) is 0.438. The zero-order valence-corrected chi connectivity index (χ0v) is 12.5. The molecule has 2 N–H and O–H groups in total. The number of carboxylic acid groups (broad SMARTS) is 1. The lowest BCUT2D eigenvalue weighted by atomic mass is 9.95. The minimum absolute atomic E-state index is 0.0293. The highest BCUT2D eigenvalue weighted by atomic mass is 16.4. The predicted octanol–water partition coefficient (Wildman–Crippen LogP) is 1.13. The number of benzene rings is 1. The quantitative estimate of drug-likeness (QED) is 0.873. The Morgan fingerprint density at radius 1 is 1.18 bits per heavy atom. The van der Waals surface area contributed by atoms with Gasteiger partial charge in [0.1, 0.15) is 6.04 Å². The van der Waals surface area contributed by atoms with Gasteiger partial charge in [-0.2, -0.15) is 0 Å². The molecular weight excluding hydrogens is 284 g/mol. The number of carbonyl (C=O) groups excluding carboxylic acids is 2. The van der Waals surface area contributed by atoms with E-state index in [4.69, 9.17) is 5.11 Å². The summed E-state index contributed by atoms with van der Waals surface area (Å²) in [5.74, 6) is -1.56. The number of piperidine rings is 1. The van der Waals surface area contributed by atoms with Crippen LogP contribution in [0.1, 0.15) is 30.1 Å². The average molecular weight is 304 g/mol. The molecule has 1 fully saturated rings. The molecule has 1 saturated heterocycles. The van der Waals surface area contributed by atoms with Crippen LogP contribution in [-0.2, 0) is 9.59 Å². The second-order valence-electron chi connectivity index (χ2n) is 5.50. The third-order valence-electron chi connectivity index (χ3n) is 3.90. The molecule has 0 spiro atoms. The highest BCUT2D eigenvalue weighted by molar-refractivity contribution is 5.94. The molecule has 6 nitrogen and oxygen atoms in total. The van der Waals surface area contributed by atoms with Crippen LogP contribution in [0.3, 0.4) is 0 Å². The number of likely N-dealkylation sites (tertiary alicyclic amines) is 1. The molecule has 0 saturated carbocycles. The van der Waals surface area contributed by atoms with E-state index in [9.17, 15) is 14.4 Å². The lowest BCUT2D eigenvalue weighted by Crippen LogP contribution is -2.46. The van der Waals surface area contributed by atoms with Crippen LogP contribution >= 0.6 is 0 Å². The lowest BCUT2D eigenvalue weighted by Gasteiger charge is -2.31. The van der Waals surface area contributed by atoms with Crippen LogP contribution in [0.25, 0.3) is 0 Å². The number of nitrogens with zero attached hydrogens (tertiary/aromatic N) is 1. The Morgan fingerprint density at radius 2 is 1.77 bits per heavy atom. The van der Waals surface area contributed by atoms with E-state index in [2.05, 4.69) is 5.32 Å². The second kappa shape index (κ2) is 7.06. The molecule has 1 aliphatic heterocycles. The first kappa shape index (κ1) is 16.0. The monoisotopic (exact) mass is 304 g/mol. The normalized spacial score (nSPS) is 16.9. The summed E-state index contributed by atoms with van der Waals surface area (Å²) < 4.78 is 0. The first-order valence-corrected chi connectivity index (χ1v) is 7.36. The lowest BCUT2D eigenvalue weighted by molar-refractivity contribution is -0.142. The van der Waals surface area contributed by atoms with Gasteiger partial charge in [-0.25, -0.2) is 0 Å². The molecule has 22 heavy (non-hydrogen) atoms. The Morgan fingerprint density at radius 3 is 2.32 bits per heavy atom. The highest BCUT2D eigenvalue weighted by Gasteiger charge is 2.29. The van der Waals surface area contributed by atoms with Gasteiger partial charge in [0.2, 0.25) is 5.91 Å². The van der Waals surface area contributed by atoms with Crippen LogP contribution < -0.4 is 5.32 Å². The van der Waals surface area contributed by atoms with Crippen LogP contribution in [0.4, 0.5) is 0 Å². The van der Waals surface area contributed by atoms with Crippen molar-refractivity contribution in [3.05, 3.63) is 35.9 Å². The Kier molecular flexibility index (Phi) is 5.14. The van der Waals surface area contributed by atoms with Crippen LogP contribution in [0.2, 0.25) is 0 Å². The molecule has 0 aliphatic carbocycles. The predicted molar refractivity (Wildman–Crippen MR) is 80.3 cm³/mol. The SMILES string of the molecule is C[C@H](NC(=O)C1CCN(C(=O)c2ccccc2)CC1)C(=O)O. The molecule has 6 heteroatoms. The fourth-order valence-corrected chi connectivity index (χ4v) is 2.50. The summed E-state index contributed by atoms with van der Waals surface area (Å²) in [6.45, 7) is 2.45. The smallest absolute Gasteiger partial charge is 0.325 e. The summed E-state index contributed by atoms with van der Waals surface area (Å²) >= 11 is 0. The third kappa shape index (κ3) is 3.84. The molecule has 0 aromatic heterocycles. The van der Waals surface area contributed by atoms with Crippen molar-refractivity contribution in [1.29, 1.82) is 0 Å². The summed E-state index contributed by atoms with van der Waals surface area (Å²) in [5.41, 5.74) is 0.643. The van der Waals surface area contributed by atoms with Gasteiger partial charge in [0.05, 0.1) is 0 Å². The van der Waals surface area contributed by atoms with E-state index in [1.807, 2.05) is 18.2 Å². The largest absolute Gasteiger partial charge is 0.480 e. The van der Waals surface area contributed by atoms with Crippen molar-refractivity contribution in [2.75, 3.05) is 13.1 Å². The third-order valence-corrected chi connectivity index (χ3v) is 3.90. The van der Waals surface area contributed by atoms with Gasteiger partial charge < -0.3 is 15.3 Å². The van der Waals surface area contributed by atoms with Gasteiger partial charge in [-0.05, 0) is 31.9 Å². The topological polar surface area (TPSA) is 86.7 Å². The highest BCUT2D eigenvalue weighted by Crippen LogP contribution is 2.19. The Hall–Kier alpha value is -2.37. The van der Waals surface area contributed by atoms with Gasteiger partial charge in [0, 0.05) is 24.6 Å². The zero-order chi connectivity index (χ0) is 16.1. The summed E-state index contributed by atoms with van der Waals surface area (Å²) in [6.07, 6.45) is 1.10. The Labute approximate surface area is 129 Å². The van der Waals surface area contributed by atoms with Crippen LogP contribution in [-0.4, -0.2) is 46.9 Å². The molecule has 0 unspecified atom stereocenters. The van der Waals surface area contributed by atoms with Gasteiger partial charge in [0.15, 0.2) is 0 Å². The van der Waals surface area contributed by atoms with Gasteiger partial charge in [0.25, 0.3) is 5.91 Å². The fourth-order valence-electron chi connectivity index (χ4n) is 2.50. The summed E-state index contributed by atoms with van der Waals surface area (Å²) in [7, 11) is 0. The van der Waals surface area contributed by atoms with E-state index in [0.29, 0.717) is 31.5 Å². The van der Waals surface area contributed by atoms with E-state index in [0.717, 1.165) is 0 Å². The maximum atomic E-state index is 12.3. The number of carbonyl (C=O) groups is 3. The average Bonchev–Trinajstić information content (AvgIpc) is 2.55. The molecule has 2 amide bonds. The van der Waals surface area contributed by atoms with Crippen molar-refractivity contribution < 1.29 is 19.5 Å². The van der Waals surface area contributed by atoms with Crippen molar-refractivity contribution >= 4 is 17.8 Å². The number of nitrogens with one attached hydrogen (secondary N) is 1. The summed E-state index contributed by atoms with van der Waals surface area (Å²) in [4.78, 5) is 36.8. The van der Waals surface area contributed by atoms with Crippen LogP contribution in [0, 0.1) is 5.92 Å². The number of carboxylic acids is 1. The molecule has 2 rings (SSSR count). The maximum absolute atomic E-state index is 12.3. The van der Waals surface area contributed by atoms with Gasteiger partial charge in [-0.3, -0.25) is 14.4 Å². The molecule has 1 aliphatic rings. The van der Waals surface area contributed by atoms with Crippen molar-refractivity contribution in [2.45, 2.75) is 25.8 Å². The van der Waals surface area contributed by atoms with Gasteiger partial charge >= 0.3 is 5.97 Å². The molecule has 0 radical (unpaired) electrons. The van der Waals surface area contributed by atoms with Crippen LogP contribution in [0.15, 0.2) is 30.3 Å². The van der Waals surface area contributed by atoms with Crippen molar-refractivity contribution in [1.82, 2.24) is 10.2 Å². The number of hydrogen-bond donors (Lipinski definition) is 2. The molecule has 1 heterocycles. The first-order valence-electron chi connectivity index (χ1n) is 7.36. The second-order valence-corrected chi connectivity index (χ2v) is 5.50. The van der Waals surface area contributed by atoms with Gasteiger partial charge in [-0.15, -0.1) is 0 Å². The zero-order valence-electron chi connectivity index (χ0n) is 12.5. The Balaban J connectivity index is 1.86. The van der Waals surface area contributed by atoms with Crippen LogP contribution in [0.5, 0.6) is 0 Å². The Bertz CT molecular complexity index is 551. The first-order chi connectivity index (χ1) is 10.5.